The second kappa shape index (κ2) is 6.62. The van der Waals surface area contributed by atoms with Crippen molar-refractivity contribution in [3.63, 3.8) is 0 Å². The lowest BCUT2D eigenvalue weighted by Crippen LogP contribution is -2.35. The molecule has 1 fully saturated rings. The minimum absolute atomic E-state index is 0.0214. The lowest BCUT2D eigenvalue weighted by atomic mass is 10.1. The van der Waals surface area contributed by atoms with Crippen molar-refractivity contribution < 1.29 is 14.4 Å². The number of rotatable bonds is 6. The van der Waals surface area contributed by atoms with Gasteiger partial charge in [0.25, 0.3) is 5.69 Å². The Morgan fingerprint density at radius 1 is 1.38 bits per heavy atom. The van der Waals surface area contributed by atoms with Crippen LogP contribution in [0.5, 0.6) is 11.5 Å². The number of methoxy groups -OCH3 is 2. The van der Waals surface area contributed by atoms with Crippen molar-refractivity contribution in [1.29, 1.82) is 0 Å². The highest BCUT2D eigenvalue weighted by molar-refractivity contribution is 5.69. The number of likely N-dealkylation sites (N-methyl/N-ethyl adjacent to an activating group) is 1. The third kappa shape index (κ3) is 3.36. The van der Waals surface area contributed by atoms with Crippen LogP contribution < -0.4 is 19.7 Å². The quantitative estimate of drug-likeness (QED) is 0.637. The summed E-state index contributed by atoms with van der Waals surface area (Å²) in [6.45, 7) is 1.73. The number of hydrogen-bond donors (Lipinski definition) is 1. The molecular formula is C14H21N3O4. The van der Waals surface area contributed by atoms with Gasteiger partial charge in [-0.05, 0) is 19.4 Å². The van der Waals surface area contributed by atoms with E-state index in [1.54, 1.807) is 6.07 Å². The van der Waals surface area contributed by atoms with E-state index in [4.69, 9.17) is 9.47 Å². The number of nitro groups is 1. The van der Waals surface area contributed by atoms with E-state index in [-0.39, 0.29) is 5.69 Å². The van der Waals surface area contributed by atoms with Crippen molar-refractivity contribution in [3.05, 3.63) is 22.2 Å². The van der Waals surface area contributed by atoms with Crippen molar-refractivity contribution in [3.8, 4) is 11.5 Å². The van der Waals surface area contributed by atoms with Crippen LogP contribution in [-0.4, -0.2) is 45.3 Å². The summed E-state index contributed by atoms with van der Waals surface area (Å²) in [6.07, 6.45) is 2.23. The summed E-state index contributed by atoms with van der Waals surface area (Å²) >= 11 is 0. The number of nitro benzene ring substituents is 1. The maximum atomic E-state index is 11.3. The molecule has 1 aromatic rings. The molecular weight excluding hydrogens is 274 g/mol. The van der Waals surface area contributed by atoms with Crippen molar-refractivity contribution in [2.75, 3.05) is 39.3 Å². The summed E-state index contributed by atoms with van der Waals surface area (Å²) in [5.74, 6) is 0.852. The zero-order chi connectivity index (χ0) is 15.4. The third-order valence-corrected chi connectivity index (χ3v) is 3.75. The first-order valence-electron chi connectivity index (χ1n) is 6.91. The number of anilines is 1. The van der Waals surface area contributed by atoms with Gasteiger partial charge in [0.1, 0.15) is 5.69 Å². The fourth-order valence-electron chi connectivity index (χ4n) is 2.65. The molecule has 0 aromatic heterocycles. The molecule has 0 bridgehead atoms. The summed E-state index contributed by atoms with van der Waals surface area (Å²) in [5, 5.41) is 14.7. The zero-order valence-electron chi connectivity index (χ0n) is 12.6. The van der Waals surface area contributed by atoms with Gasteiger partial charge in [-0.15, -0.1) is 0 Å². The maximum absolute atomic E-state index is 11.3. The van der Waals surface area contributed by atoms with Crippen LogP contribution in [0.1, 0.15) is 12.8 Å². The summed E-state index contributed by atoms with van der Waals surface area (Å²) in [4.78, 5) is 12.8. The molecule has 0 saturated carbocycles. The summed E-state index contributed by atoms with van der Waals surface area (Å²) in [7, 11) is 4.84. The number of ether oxygens (including phenoxy) is 2. The molecule has 1 saturated heterocycles. The topological polar surface area (TPSA) is 76.9 Å². The lowest BCUT2D eigenvalue weighted by Gasteiger charge is -2.24. The van der Waals surface area contributed by atoms with E-state index in [1.807, 2.05) is 11.9 Å². The standard InChI is InChI=1S/C14H21N3O4/c1-16(9-10-5-4-6-15-10)11-7-13(20-2)14(21-3)8-12(11)17(18)19/h7-8,10,15H,4-6,9H2,1-3H3. The molecule has 1 aromatic carbocycles. The minimum Gasteiger partial charge on any atom is -0.493 e. The molecule has 1 unspecified atom stereocenters. The van der Waals surface area contributed by atoms with Gasteiger partial charge in [0, 0.05) is 25.7 Å². The van der Waals surface area contributed by atoms with E-state index >= 15 is 0 Å². The van der Waals surface area contributed by atoms with Crippen LogP contribution >= 0.6 is 0 Å². The Morgan fingerprint density at radius 3 is 2.57 bits per heavy atom. The van der Waals surface area contributed by atoms with Crippen LogP contribution in [0.3, 0.4) is 0 Å². The van der Waals surface area contributed by atoms with Gasteiger partial charge in [0.15, 0.2) is 11.5 Å². The van der Waals surface area contributed by atoms with Gasteiger partial charge in [0.2, 0.25) is 0 Å². The van der Waals surface area contributed by atoms with Gasteiger partial charge in [-0.25, -0.2) is 0 Å². The Balaban J connectivity index is 2.32. The Kier molecular flexibility index (Phi) is 4.85. The average molecular weight is 295 g/mol. The highest BCUT2D eigenvalue weighted by Crippen LogP contribution is 2.39. The van der Waals surface area contributed by atoms with E-state index in [0.717, 1.165) is 25.9 Å². The fourth-order valence-corrected chi connectivity index (χ4v) is 2.65. The summed E-state index contributed by atoms with van der Waals surface area (Å²) in [6, 6.07) is 3.43. The second-order valence-electron chi connectivity index (χ2n) is 5.13. The third-order valence-electron chi connectivity index (χ3n) is 3.75. The first-order valence-corrected chi connectivity index (χ1v) is 6.91. The first kappa shape index (κ1) is 15.4. The van der Waals surface area contributed by atoms with Gasteiger partial charge < -0.3 is 19.7 Å². The first-order chi connectivity index (χ1) is 10.1. The molecule has 1 atom stereocenters. The Hall–Kier alpha value is -2.02. The van der Waals surface area contributed by atoms with Crippen LogP contribution in [0.15, 0.2) is 12.1 Å². The molecule has 7 nitrogen and oxygen atoms in total. The summed E-state index contributed by atoms with van der Waals surface area (Å²) in [5.41, 5.74) is 0.555. The van der Waals surface area contributed by atoms with Crippen LogP contribution in [-0.2, 0) is 0 Å². The molecule has 0 amide bonds. The minimum atomic E-state index is -0.393. The van der Waals surface area contributed by atoms with Gasteiger partial charge in [-0.1, -0.05) is 0 Å². The molecule has 1 aliphatic heterocycles. The molecule has 1 aliphatic rings. The van der Waals surface area contributed by atoms with Crippen LogP contribution in [0.25, 0.3) is 0 Å². The molecule has 0 radical (unpaired) electrons. The molecule has 116 valence electrons. The molecule has 0 spiro atoms. The second-order valence-corrected chi connectivity index (χ2v) is 5.13. The SMILES string of the molecule is COc1cc(N(C)CC2CCCN2)c([N+](=O)[O-])cc1OC. The van der Waals surface area contributed by atoms with Crippen molar-refractivity contribution in [1.82, 2.24) is 5.32 Å². The molecule has 2 rings (SSSR count). The van der Waals surface area contributed by atoms with E-state index in [0.29, 0.717) is 23.2 Å². The van der Waals surface area contributed by atoms with E-state index in [9.17, 15) is 10.1 Å². The van der Waals surface area contributed by atoms with Gasteiger partial charge in [-0.2, -0.15) is 0 Å². The predicted molar refractivity (Wildman–Crippen MR) is 80.5 cm³/mol. The Bertz CT molecular complexity index is 515. The normalized spacial score (nSPS) is 17.6. The number of benzene rings is 1. The lowest BCUT2D eigenvalue weighted by molar-refractivity contribution is -0.384. The number of hydrogen-bond acceptors (Lipinski definition) is 6. The van der Waals surface area contributed by atoms with Gasteiger partial charge >= 0.3 is 0 Å². The molecule has 21 heavy (non-hydrogen) atoms. The monoisotopic (exact) mass is 295 g/mol. The zero-order valence-corrected chi connectivity index (χ0v) is 12.6. The summed E-state index contributed by atoms with van der Waals surface area (Å²) < 4.78 is 10.4. The van der Waals surface area contributed by atoms with Crippen molar-refractivity contribution in [2.45, 2.75) is 18.9 Å². The van der Waals surface area contributed by atoms with E-state index < -0.39 is 4.92 Å². The highest BCUT2D eigenvalue weighted by Gasteiger charge is 2.24. The molecule has 1 heterocycles. The largest absolute Gasteiger partial charge is 0.493 e. The van der Waals surface area contributed by atoms with Crippen molar-refractivity contribution >= 4 is 11.4 Å². The highest BCUT2D eigenvalue weighted by atomic mass is 16.6. The molecule has 7 heteroatoms. The average Bonchev–Trinajstić information content (AvgIpc) is 2.98. The fraction of sp³-hybridized carbons (Fsp3) is 0.571. The predicted octanol–water partition coefficient (Wildman–Crippen LogP) is 1.80. The van der Waals surface area contributed by atoms with Gasteiger partial charge in [0.05, 0.1) is 25.2 Å². The number of nitrogens with one attached hydrogen (secondary N) is 1. The molecule has 0 aliphatic carbocycles. The van der Waals surface area contributed by atoms with Gasteiger partial charge in [-0.3, -0.25) is 10.1 Å². The van der Waals surface area contributed by atoms with E-state index in [1.165, 1.54) is 20.3 Å². The Morgan fingerprint density at radius 2 is 2.05 bits per heavy atom. The Labute approximate surface area is 124 Å². The maximum Gasteiger partial charge on any atom is 0.296 e. The van der Waals surface area contributed by atoms with Crippen LogP contribution in [0.2, 0.25) is 0 Å². The number of nitrogens with zero attached hydrogens (tertiary/aromatic N) is 2. The smallest absolute Gasteiger partial charge is 0.296 e. The molecule has 1 N–H and O–H groups in total. The van der Waals surface area contributed by atoms with Crippen LogP contribution in [0.4, 0.5) is 11.4 Å². The van der Waals surface area contributed by atoms with Crippen LogP contribution in [0, 0.1) is 10.1 Å². The van der Waals surface area contributed by atoms with Crippen molar-refractivity contribution in [2.24, 2.45) is 0 Å². The van der Waals surface area contributed by atoms with E-state index in [2.05, 4.69) is 5.32 Å².